The van der Waals surface area contributed by atoms with Crippen molar-refractivity contribution in [2.24, 2.45) is 0 Å². The van der Waals surface area contributed by atoms with Crippen LogP contribution in [0.3, 0.4) is 0 Å². The van der Waals surface area contributed by atoms with Crippen molar-refractivity contribution in [1.82, 2.24) is 10.1 Å². The number of carbonyl (C=O) groups excluding carboxylic acids is 1. The predicted molar refractivity (Wildman–Crippen MR) is 72.9 cm³/mol. The summed E-state index contributed by atoms with van der Waals surface area (Å²) in [5, 5.41) is 6.52. The number of benzene rings is 1. The maximum Gasteiger partial charge on any atom is 0.238 e. The number of nitrogens with one attached hydrogen (secondary N) is 1. The van der Waals surface area contributed by atoms with Crippen LogP contribution >= 0.6 is 11.6 Å². The summed E-state index contributed by atoms with van der Waals surface area (Å²) in [5.74, 6) is -0.887. The normalized spacial score (nSPS) is 10.8. The van der Waals surface area contributed by atoms with Gasteiger partial charge < -0.3 is 9.84 Å². The van der Waals surface area contributed by atoms with Crippen molar-refractivity contribution in [3.63, 3.8) is 0 Å². The molecule has 0 atom stereocenters. The van der Waals surface area contributed by atoms with E-state index < -0.39 is 5.82 Å². The van der Waals surface area contributed by atoms with E-state index in [-0.39, 0.29) is 23.2 Å². The molecule has 0 spiro atoms. The van der Waals surface area contributed by atoms with Gasteiger partial charge in [-0.05, 0) is 25.2 Å². The first kappa shape index (κ1) is 14.5. The fraction of sp³-hybridized carbons (Fsp3) is 0.231. The van der Waals surface area contributed by atoms with Gasteiger partial charge in [0.05, 0.1) is 17.9 Å². The largest absolute Gasteiger partial charge is 0.364 e. The van der Waals surface area contributed by atoms with Crippen LogP contribution in [-0.2, 0) is 11.3 Å². The second kappa shape index (κ2) is 6.49. The molecule has 1 aromatic carbocycles. The summed E-state index contributed by atoms with van der Waals surface area (Å²) in [6, 6.07) is 5.80. The van der Waals surface area contributed by atoms with Gasteiger partial charge in [-0.2, -0.15) is 0 Å². The van der Waals surface area contributed by atoms with Crippen molar-refractivity contribution in [2.45, 2.75) is 6.54 Å². The highest BCUT2D eigenvalue weighted by Crippen LogP contribution is 2.18. The lowest BCUT2D eigenvalue weighted by molar-refractivity contribution is -0.117. The second-order valence-electron chi connectivity index (χ2n) is 4.34. The summed E-state index contributed by atoms with van der Waals surface area (Å²) in [4.78, 5) is 13.5. The molecule has 106 valence electrons. The third-order valence-electron chi connectivity index (χ3n) is 2.54. The quantitative estimate of drug-likeness (QED) is 0.921. The number of rotatable bonds is 5. The van der Waals surface area contributed by atoms with Crippen molar-refractivity contribution in [2.75, 3.05) is 18.9 Å². The summed E-state index contributed by atoms with van der Waals surface area (Å²) in [7, 11) is 1.76. The Labute approximate surface area is 120 Å². The van der Waals surface area contributed by atoms with Crippen LogP contribution in [-0.4, -0.2) is 29.6 Å². The molecule has 0 fully saturated rings. The van der Waals surface area contributed by atoms with E-state index in [4.69, 9.17) is 16.1 Å². The van der Waals surface area contributed by atoms with Crippen molar-refractivity contribution >= 4 is 23.2 Å². The molecule has 1 heterocycles. The van der Waals surface area contributed by atoms with E-state index in [2.05, 4.69) is 10.5 Å². The second-order valence-corrected chi connectivity index (χ2v) is 4.77. The van der Waals surface area contributed by atoms with Gasteiger partial charge >= 0.3 is 0 Å². The van der Waals surface area contributed by atoms with Crippen molar-refractivity contribution in [3.8, 4) is 0 Å². The van der Waals surface area contributed by atoms with E-state index in [1.807, 2.05) is 0 Å². The first-order chi connectivity index (χ1) is 9.54. The summed E-state index contributed by atoms with van der Waals surface area (Å²) in [5.41, 5.74) is 0.826. The van der Waals surface area contributed by atoms with Crippen molar-refractivity contribution in [1.29, 1.82) is 0 Å². The standard InChI is InChI=1S/C13H13ClFN3O2/c1-18(7-10-4-5-20-17-10)8-13(19)16-12-3-2-9(14)6-11(12)15/h2-6H,7-8H2,1H3,(H,16,19). The van der Waals surface area contributed by atoms with E-state index in [1.54, 1.807) is 18.0 Å². The first-order valence-corrected chi connectivity index (χ1v) is 6.25. The molecule has 1 aromatic heterocycles. The lowest BCUT2D eigenvalue weighted by Crippen LogP contribution is -2.30. The van der Waals surface area contributed by atoms with Gasteiger partial charge in [-0.3, -0.25) is 9.69 Å². The molecule has 1 amide bonds. The maximum absolute atomic E-state index is 13.5. The van der Waals surface area contributed by atoms with Gasteiger partial charge in [0.2, 0.25) is 5.91 Å². The Morgan fingerprint density at radius 3 is 2.95 bits per heavy atom. The molecule has 0 unspecified atom stereocenters. The molecular formula is C13H13ClFN3O2. The molecule has 2 rings (SSSR count). The van der Waals surface area contributed by atoms with Gasteiger partial charge in [-0.15, -0.1) is 0 Å². The van der Waals surface area contributed by atoms with E-state index in [9.17, 15) is 9.18 Å². The number of aromatic nitrogens is 1. The number of halogens is 2. The smallest absolute Gasteiger partial charge is 0.238 e. The monoisotopic (exact) mass is 297 g/mol. The predicted octanol–water partition coefficient (Wildman–Crippen LogP) is 2.54. The number of anilines is 1. The molecule has 5 nitrogen and oxygen atoms in total. The molecule has 0 aliphatic carbocycles. The maximum atomic E-state index is 13.5. The summed E-state index contributed by atoms with van der Waals surface area (Å²) < 4.78 is 18.2. The van der Waals surface area contributed by atoms with Crippen LogP contribution in [0.4, 0.5) is 10.1 Å². The molecule has 0 saturated carbocycles. The average Bonchev–Trinajstić information content (AvgIpc) is 2.85. The van der Waals surface area contributed by atoms with E-state index >= 15 is 0 Å². The molecule has 0 radical (unpaired) electrons. The Morgan fingerprint density at radius 1 is 1.50 bits per heavy atom. The van der Waals surface area contributed by atoms with Crippen molar-refractivity contribution in [3.05, 3.63) is 47.1 Å². The Kier molecular flexibility index (Phi) is 4.70. The minimum Gasteiger partial charge on any atom is -0.364 e. The lowest BCUT2D eigenvalue weighted by Gasteiger charge is -2.14. The lowest BCUT2D eigenvalue weighted by atomic mass is 10.3. The van der Waals surface area contributed by atoms with Gasteiger partial charge in [0.1, 0.15) is 12.1 Å². The molecule has 0 aliphatic heterocycles. The number of hydrogen-bond acceptors (Lipinski definition) is 4. The third kappa shape index (κ3) is 4.04. The Bertz CT molecular complexity index is 589. The van der Waals surface area contributed by atoms with Crippen LogP contribution in [0.25, 0.3) is 0 Å². The van der Waals surface area contributed by atoms with E-state index in [0.29, 0.717) is 6.54 Å². The van der Waals surface area contributed by atoms with Gasteiger partial charge in [0.15, 0.2) is 0 Å². The number of amides is 1. The fourth-order valence-corrected chi connectivity index (χ4v) is 1.84. The average molecular weight is 298 g/mol. The molecule has 0 saturated heterocycles. The summed E-state index contributed by atoms with van der Waals surface area (Å²) in [6.45, 7) is 0.571. The van der Waals surface area contributed by atoms with E-state index in [0.717, 1.165) is 11.8 Å². The molecule has 0 aliphatic rings. The minimum atomic E-state index is -0.565. The first-order valence-electron chi connectivity index (χ1n) is 5.87. The van der Waals surface area contributed by atoms with Crippen LogP contribution in [0, 0.1) is 5.82 Å². The van der Waals surface area contributed by atoms with Crippen molar-refractivity contribution < 1.29 is 13.7 Å². The van der Waals surface area contributed by atoms with Crippen LogP contribution in [0.2, 0.25) is 5.02 Å². The third-order valence-corrected chi connectivity index (χ3v) is 2.78. The molecular weight excluding hydrogens is 285 g/mol. The van der Waals surface area contributed by atoms with Gasteiger partial charge in [-0.25, -0.2) is 4.39 Å². The Hall–Kier alpha value is -1.92. The molecule has 0 bridgehead atoms. The summed E-state index contributed by atoms with van der Waals surface area (Å²) in [6.07, 6.45) is 1.46. The Balaban J connectivity index is 1.88. The zero-order chi connectivity index (χ0) is 14.5. The van der Waals surface area contributed by atoms with Crippen LogP contribution in [0.5, 0.6) is 0 Å². The van der Waals surface area contributed by atoms with Crippen LogP contribution in [0.1, 0.15) is 5.69 Å². The molecule has 20 heavy (non-hydrogen) atoms. The number of likely N-dealkylation sites (N-methyl/N-ethyl adjacent to an activating group) is 1. The van der Waals surface area contributed by atoms with Gasteiger partial charge in [0, 0.05) is 17.6 Å². The Morgan fingerprint density at radius 2 is 2.30 bits per heavy atom. The highest BCUT2D eigenvalue weighted by atomic mass is 35.5. The van der Waals surface area contributed by atoms with Gasteiger partial charge in [-0.1, -0.05) is 16.8 Å². The number of nitrogens with zero attached hydrogens (tertiary/aromatic N) is 2. The highest BCUT2D eigenvalue weighted by molar-refractivity contribution is 6.30. The molecule has 2 aromatic rings. The number of carbonyl (C=O) groups is 1. The number of hydrogen-bond donors (Lipinski definition) is 1. The SMILES string of the molecule is CN(CC(=O)Nc1ccc(Cl)cc1F)Cc1ccon1. The van der Waals surface area contributed by atoms with E-state index in [1.165, 1.54) is 18.4 Å². The zero-order valence-electron chi connectivity index (χ0n) is 10.8. The van der Waals surface area contributed by atoms with Gasteiger partial charge in [0.25, 0.3) is 0 Å². The minimum absolute atomic E-state index is 0.106. The molecule has 7 heteroatoms. The fourth-order valence-electron chi connectivity index (χ4n) is 1.68. The van der Waals surface area contributed by atoms with Crippen LogP contribution in [0.15, 0.2) is 35.1 Å². The topological polar surface area (TPSA) is 58.4 Å². The highest BCUT2D eigenvalue weighted by Gasteiger charge is 2.11. The van der Waals surface area contributed by atoms with Crippen LogP contribution < -0.4 is 5.32 Å². The molecule has 1 N–H and O–H groups in total. The summed E-state index contributed by atoms with van der Waals surface area (Å²) >= 11 is 5.64. The zero-order valence-corrected chi connectivity index (χ0v) is 11.5.